The third-order valence-corrected chi connectivity index (χ3v) is 5.57. The quantitative estimate of drug-likeness (QED) is 0.613. The second-order valence-corrected chi connectivity index (χ2v) is 7.08. The smallest absolute Gasteiger partial charge is 0.328 e. The molecule has 1 fully saturated rings. The van der Waals surface area contributed by atoms with E-state index in [-0.39, 0.29) is 17.6 Å². The first-order chi connectivity index (χ1) is 11.6. The van der Waals surface area contributed by atoms with Crippen molar-refractivity contribution in [2.24, 2.45) is 0 Å². The Morgan fingerprint density at radius 1 is 1.29 bits per heavy atom. The monoisotopic (exact) mass is 363 g/mol. The van der Waals surface area contributed by atoms with E-state index in [9.17, 15) is 9.59 Å². The van der Waals surface area contributed by atoms with Crippen molar-refractivity contribution in [2.45, 2.75) is 23.8 Å². The summed E-state index contributed by atoms with van der Waals surface area (Å²) in [4.78, 5) is 26.9. The van der Waals surface area contributed by atoms with Crippen LogP contribution in [0.3, 0.4) is 0 Å². The van der Waals surface area contributed by atoms with Gasteiger partial charge in [0.15, 0.2) is 0 Å². The van der Waals surface area contributed by atoms with Crippen molar-refractivity contribution >= 4 is 46.0 Å². The van der Waals surface area contributed by atoms with Crippen LogP contribution in [0.2, 0.25) is 5.02 Å². The molecule has 3 rings (SSSR count). The number of rotatable bonds is 4. The molecule has 1 saturated heterocycles. The number of fused-ring (bicyclic) bond motifs is 1. The number of hydrogen-bond acceptors (Lipinski definition) is 4. The maximum atomic E-state index is 12.5. The van der Waals surface area contributed by atoms with Crippen LogP contribution in [0.25, 0.3) is 10.8 Å². The molecule has 24 heavy (non-hydrogen) atoms. The number of esters is 1. The summed E-state index contributed by atoms with van der Waals surface area (Å²) in [5.41, 5.74) is 0. The molecule has 0 bridgehead atoms. The Bertz CT molecular complexity index is 775. The molecule has 1 unspecified atom stereocenters. The summed E-state index contributed by atoms with van der Waals surface area (Å²) in [5, 5.41) is 2.69. The van der Waals surface area contributed by atoms with Gasteiger partial charge in [-0.3, -0.25) is 4.79 Å². The summed E-state index contributed by atoms with van der Waals surface area (Å²) < 4.78 is 4.79. The standard InChI is InChI=1S/C18H18ClNO3S/c1-23-18(22)14-8-4-10-20(14)16(21)11-24-15-9-3-6-12-5-2-7-13(19)17(12)15/h2-3,5-7,9,14H,4,8,10-11H2,1H3. The molecule has 0 spiro atoms. The Morgan fingerprint density at radius 3 is 2.79 bits per heavy atom. The fraction of sp³-hybridized carbons (Fsp3) is 0.333. The molecule has 2 aromatic carbocycles. The van der Waals surface area contributed by atoms with Gasteiger partial charge >= 0.3 is 5.97 Å². The van der Waals surface area contributed by atoms with Gasteiger partial charge in [0.05, 0.1) is 12.9 Å². The van der Waals surface area contributed by atoms with E-state index in [0.29, 0.717) is 18.0 Å². The van der Waals surface area contributed by atoms with E-state index in [1.807, 2.05) is 36.4 Å². The van der Waals surface area contributed by atoms with Crippen LogP contribution in [0, 0.1) is 0 Å². The summed E-state index contributed by atoms with van der Waals surface area (Å²) in [6.45, 7) is 0.607. The number of nitrogens with zero attached hydrogens (tertiary/aromatic N) is 1. The Labute approximate surface area is 150 Å². The Hall–Kier alpha value is -1.72. The van der Waals surface area contributed by atoms with Crippen molar-refractivity contribution in [3.63, 3.8) is 0 Å². The van der Waals surface area contributed by atoms with Crippen LogP contribution < -0.4 is 0 Å². The van der Waals surface area contributed by atoms with Crippen LogP contribution in [0.15, 0.2) is 41.3 Å². The maximum Gasteiger partial charge on any atom is 0.328 e. The van der Waals surface area contributed by atoms with Gasteiger partial charge in [-0.05, 0) is 30.4 Å². The van der Waals surface area contributed by atoms with Crippen LogP contribution in [-0.4, -0.2) is 42.2 Å². The minimum atomic E-state index is -0.445. The first kappa shape index (κ1) is 17.1. The van der Waals surface area contributed by atoms with E-state index in [2.05, 4.69) is 0 Å². The van der Waals surface area contributed by atoms with E-state index in [4.69, 9.17) is 16.3 Å². The first-order valence-electron chi connectivity index (χ1n) is 7.79. The van der Waals surface area contributed by atoms with Gasteiger partial charge in [-0.1, -0.05) is 35.9 Å². The number of thioether (sulfide) groups is 1. The predicted octanol–water partition coefficient (Wildman–Crippen LogP) is 3.75. The fourth-order valence-corrected chi connectivity index (χ4v) is 4.38. The minimum Gasteiger partial charge on any atom is -0.467 e. The lowest BCUT2D eigenvalue weighted by Crippen LogP contribution is -2.41. The third kappa shape index (κ3) is 3.37. The van der Waals surface area contributed by atoms with Crippen molar-refractivity contribution in [1.82, 2.24) is 4.90 Å². The number of benzene rings is 2. The molecule has 0 aromatic heterocycles. The molecule has 6 heteroatoms. The Balaban J connectivity index is 1.74. The zero-order valence-electron chi connectivity index (χ0n) is 13.3. The van der Waals surface area contributed by atoms with E-state index < -0.39 is 6.04 Å². The molecule has 1 aliphatic heterocycles. The summed E-state index contributed by atoms with van der Waals surface area (Å²) in [5.74, 6) is -0.103. The van der Waals surface area contributed by atoms with E-state index in [1.165, 1.54) is 18.9 Å². The minimum absolute atomic E-state index is 0.0445. The summed E-state index contributed by atoms with van der Waals surface area (Å²) in [6, 6.07) is 11.2. The lowest BCUT2D eigenvalue weighted by Gasteiger charge is -2.22. The molecule has 126 valence electrons. The molecular weight excluding hydrogens is 346 g/mol. The molecule has 1 amide bonds. The van der Waals surface area contributed by atoms with Gasteiger partial charge < -0.3 is 9.64 Å². The van der Waals surface area contributed by atoms with Gasteiger partial charge in [0.25, 0.3) is 0 Å². The first-order valence-corrected chi connectivity index (χ1v) is 9.15. The summed E-state index contributed by atoms with van der Waals surface area (Å²) >= 11 is 7.77. The molecule has 1 heterocycles. The van der Waals surface area contributed by atoms with Crippen molar-refractivity contribution < 1.29 is 14.3 Å². The number of carbonyl (C=O) groups excluding carboxylic acids is 2. The average Bonchev–Trinajstić information content (AvgIpc) is 3.09. The highest BCUT2D eigenvalue weighted by molar-refractivity contribution is 8.00. The molecule has 0 N–H and O–H groups in total. The zero-order valence-corrected chi connectivity index (χ0v) is 14.9. The second kappa shape index (κ2) is 7.45. The van der Waals surface area contributed by atoms with Gasteiger partial charge in [-0.2, -0.15) is 0 Å². The molecule has 4 nitrogen and oxygen atoms in total. The topological polar surface area (TPSA) is 46.6 Å². The normalized spacial score (nSPS) is 17.2. The van der Waals surface area contributed by atoms with E-state index in [1.54, 1.807) is 4.90 Å². The number of ether oxygens (including phenoxy) is 1. The molecule has 1 aliphatic rings. The van der Waals surface area contributed by atoms with Gasteiger partial charge in [-0.15, -0.1) is 11.8 Å². The van der Waals surface area contributed by atoms with Crippen molar-refractivity contribution in [1.29, 1.82) is 0 Å². The zero-order chi connectivity index (χ0) is 17.1. The molecule has 0 radical (unpaired) electrons. The fourth-order valence-electron chi connectivity index (χ4n) is 3.05. The van der Waals surface area contributed by atoms with Crippen LogP contribution in [0.5, 0.6) is 0 Å². The Kier molecular flexibility index (Phi) is 5.31. The van der Waals surface area contributed by atoms with Crippen LogP contribution in [0.4, 0.5) is 0 Å². The number of carbonyl (C=O) groups is 2. The van der Waals surface area contributed by atoms with Gasteiger partial charge in [0.1, 0.15) is 6.04 Å². The lowest BCUT2D eigenvalue weighted by atomic mass is 10.1. The molecular formula is C18H18ClNO3S. The lowest BCUT2D eigenvalue weighted by molar-refractivity contribution is -0.150. The van der Waals surface area contributed by atoms with E-state index >= 15 is 0 Å². The SMILES string of the molecule is COC(=O)C1CCCN1C(=O)CSc1cccc2cccc(Cl)c12. The largest absolute Gasteiger partial charge is 0.467 e. The number of amides is 1. The van der Waals surface area contributed by atoms with Crippen molar-refractivity contribution in [3.8, 4) is 0 Å². The molecule has 0 aliphatic carbocycles. The average molecular weight is 364 g/mol. The molecule has 0 saturated carbocycles. The Morgan fingerprint density at radius 2 is 2.04 bits per heavy atom. The van der Waals surface area contributed by atoms with Gasteiger partial charge in [-0.25, -0.2) is 4.79 Å². The van der Waals surface area contributed by atoms with Crippen LogP contribution in [-0.2, 0) is 14.3 Å². The highest BCUT2D eigenvalue weighted by atomic mass is 35.5. The van der Waals surface area contributed by atoms with Crippen LogP contribution >= 0.6 is 23.4 Å². The highest BCUT2D eigenvalue weighted by Gasteiger charge is 2.34. The second-order valence-electron chi connectivity index (χ2n) is 5.65. The highest BCUT2D eigenvalue weighted by Crippen LogP contribution is 2.33. The van der Waals surface area contributed by atoms with Gasteiger partial charge in [0, 0.05) is 21.8 Å². The third-order valence-electron chi connectivity index (χ3n) is 4.21. The summed E-state index contributed by atoms with van der Waals surface area (Å²) in [6.07, 6.45) is 1.50. The molecule has 2 aromatic rings. The van der Waals surface area contributed by atoms with E-state index in [0.717, 1.165) is 22.1 Å². The predicted molar refractivity (Wildman–Crippen MR) is 96.4 cm³/mol. The van der Waals surface area contributed by atoms with Gasteiger partial charge in [0.2, 0.25) is 5.91 Å². The van der Waals surface area contributed by atoms with Crippen LogP contribution in [0.1, 0.15) is 12.8 Å². The number of hydrogen-bond donors (Lipinski definition) is 0. The number of likely N-dealkylation sites (tertiary alicyclic amines) is 1. The summed E-state index contributed by atoms with van der Waals surface area (Å²) in [7, 11) is 1.36. The van der Waals surface area contributed by atoms with Crippen molar-refractivity contribution in [2.75, 3.05) is 19.4 Å². The number of methoxy groups -OCH3 is 1. The molecule has 1 atom stereocenters. The van der Waals surface area contributed by atoms with Crippen molar-refractivity contribution in [3.05, 3.63) is 41.4 Å². The number of halogens is 1. The maximum absolute atomic E-state index is 12.5.